The second kappa shape index (κ2) is 13.5. The molecule has 0 unspecified atom stereocenters. The van der Waals surface area contributed by atoms with Crippen molar-refractivity contribution in [2.75, 3.05) is 14.2 Å². The van der Waals surface area contributed by atoms with Gasteiger partial charge in [0.15, 0.2) is 17.3 Å². The number of hydrogen-bond acceptors (Lipinski definition) is 3. The third-order valence-corrected chi connectivity index (χ3v) is 4.38. The molecule has 0 aliphatic carbocycles. The van der Waals surface area contributed by atoms with Crippen LogP contribution in [-0.2, 0) is 11.2 Å². The predicted molar refractivity (Wildman–Crippen MR) is 105 cm³/mol. The lowest BCUT2D eigenvalue weighted by atomic mass is 10.1. The minimum absolute atomic E-state index is 0.251. The van der Waals surface area contributed by atoms with Gasteiger partial charge in [-0.1, -0.05) is 57.6 Å². The molecule has 0 N–H and O–H groups in total. The fourth-order valence-electron chi connectivity index (χ4n) is 2.84. The molecule has 0 radical (unpaired) electrons. The van der Waals surface area contributed by atoms with Gasteiger partial charge in [0.1, 0.15) is 0 Å². The molecule has 0 aliphatic rings. The molecule has 0 heterocycles. The van der Waals surface area contributed by atoms with E-state index < -0.39 is 0 Å². The first kappa shape index (κ1) is 21.3. The van der Waals surface area contributed by atoms with Gasteiger partial charge >= 0.3 is 0 Å². The maximum atomic E-state index is 11.9. The van der Waals surface area contributed by atoms with Gasteiger partial charge in [-0.2, -0.15) is 0 Å². The summed E-state index contributed by atoms with van der Waals surface area (Å²) < 4.78 is 10.5. The lowest BCUT2D eigenvalue weighted by Crippen LogP contribution is -1.94. The van der Waals surface area contributed by atoms with Crippen molar-refractivity contribution >= 4 is 5.78 Å². The van der Waals surface area contributed by atoms with Crippen molar-refractivity contribution in [3.8, 4) is 11.5 Å². The lowest BCUT2D eigenvalue weighted by Gasteiger charge is -2.08. The highest BCUT2D eigenvalue weighted by molar-refractivity contribution is 5.89. The van der Waals surface area contributed by atoms with Gasteiger partial charge in [0, 0.05) is 6.42 Å². The fourth-order valence-corrected chi connectivity index (χ4v) is 2.84. The minimum atomic E-state index is 0.251. The maximum absolute atomic E-state index is 11.9. The molecule has 0 fully saturated rings. The normalized spacial score (nSPS) is 11.0. The largest absolute Gasteiger partial charge is 0.493 e. The summed E-state index contributed by atoms with van der Waals surface area (Å²) in [5.74, 6) is 1.74. The van der Waals surface area contributed by atoms with Crippen molar-refractivity contribution < 1.29 is 14.3 Å². The van der Waals surface area contributed by atoms with Crippen LogP contribution >= 0.6 is 0 Å². The Bertz CT molecular complexity index is 520. The first-order valence-electron chi connectivity index (χ1n) is 9.61. The van der Waals surface area contributed by atoms with Crippen LogP contribution < -0.4 is 9.47 Å². The topological polar surface area (TPSA) is 35.5 Å². The first-order chi connectivity index (χ1) is 12.2. The van der Waals surface area contributed by atoms with E-state index >= 15 is 0 Å². The zero-order valence-electron chi connectivity index (χ0n) is 16.2. The Balaban J connectivity index is 2.19. The smallest absolute Gasteiger partial charge is 0.160 e. The maximum Gasteiger partial charge on any atom is 0.160 e. The monoisotopic (exact) mass is 346 g/mol. The quantitative estimate of drug-likeness (QED) is 0.311. The summed E-state index contributed by atoms with van der Waals surface area (Å²) in [7, 11) is 3.28. The second-order valence-electron chi connectivity index (χ2n) is 6.47. The van der Waals surface area contributed by atoms with Crippen molar-refractivity contribution in [2.24, 2.45) is 0 Å². The van der Waals surface area contributed by atoms with Crippen molar-refractivity contribution in [3.05, 3.63) is 35.9 Å². The van der Waals surface area contributed by atoms with Crippen molar-refractivity contribution in [2.45, 2.75) is 71.1 Å². The number of allylic oxidation sites excluding steroid dienone is 2. The van der Waals surface area contributed by atoms with Crippen LogP contribution in [0.25, 0.3) is 0 Å². The van der Waals surface area contributed by atoms with Gasteiger partial charge in [0.05, 0.1) is 14.2 Å². The van der Waals surface area contributed by atoms with Crippen LogP contribution in [0.3, 0.4) is 0 Å². The lowest BCUT2D eigenvalue weighted by molar-refractivity contribution is -0.114. The van der Waals surface area contributed by atoms with Crippen LogP contribution in [0.4, 0.5) is 0 Å². The number of carbonyl (C=O) groups excluding carboxylic acids is 1. The highest BCUT2D eigenvalue weighted by Gasteiger charge is 2.04. The molecule has 140 valence electrons. The number of carbonyl (C=O) groups is 1. The van der Waals surface area contributed by atoms with E-state index in [1.54, 1.807) is 20.3 Å². The van der Waals surface area contributed by atoms with E-state index in [1.807, 2.05) is 24.3 Å². The molecule has 3 nitrogen and oxygen atoms in total. The highest BCUT2D eigenvalue weighted by atomic mass is 16.5. The second-order valence-corrected chi connectivity index (χ2v) is 6.47. The van der Waals surface area contributed by atoms with Gasteiger partial charge in [-0.3, -0.25) is 4.79 Å². The number of ketones is 1. The fraction of sp³-hybridized carbons (Fsp3) is 0.591. The molecule has 0 aromatic heterocycles. The summed E-state index contributed by atoms with van der Waals surface area (Å²) in [4.78, 5) is 11.9. The summed E-state index contributed by atoms with van der Waals surface area (Å²) in [6, 6.07) is 5.95. The Labute approximate surface area is 153 Å². The molecule has 0 bridgehead atoms. The van der Waals surface area contributed by atoms with E-state index in [-0.39, 0.29) is 5.78 Å². The molecule has 0 saturated carbocycles. The molecule has 0 saturated heterocycles. The highest BCUT2D eigenvalue weighted by Crippen LogP contribution is 2.27. The molecular formula is C22H34O3. The van der Waals surface area contributed by atoms with Crippen molar-refractivity contribution in [1.82, 2.24) is 0 Å². The average Bonchev–Trinajstić information content (AvgIpc) is 2.64. The third kappa shape index (κ3) is 9.33. The molecule has 3 heteroatoms. The van der Waals surface area contributed by atoms with Gasteiger partial charge in [-0.05, 0) is 43.0 Å². The number of unbranched alkanes of at least 4 members (excludes halogenated alkanes) is 6. The molecule has 1 aromatic carbocycles. The standard InChI is InChI=1S/C22H34O3/c1-4-5-6-7-8-9-10-14-20(23)15-12-11-13-19-16-17-21(24-2)22(18-19)25-3/h12,15-18H,4-11,13-14H2,1-3H3. The Morgan fingerprint density at radius 1 is 0.960 bits per heavy atom. The van der Waals surface area contributed by atoms with Crippen LogP contribution in [0.1, 0.15) is 70.3 Å². The van der Waals surface area contributed by atoms with Crippen LogP contribution in [0.5, 0.6) is 11.5 Å². The number of methoxy groups -OCH3 is 2. The van der Waals surface area contributed by atoms with E-state index in [1.165, 1.54) is 44.1 Å². The molecule has 0 spiro atoms. The van der Waals surface area contributed by atoms with Gasteiger partial charge < -0.3 is 9.47 Å². The molecule has 25 heavy (non-hydrogen) atoms. The SMILES string of the molecule is CCCCCCCCCC(=O)C=CCCc1ccc(OC)c(OC)c1. The molecule has 0 amide bonds. The summed E-state index contributed by atoms with van der Waals surface area (Å²) in [5, 5.41) is 0. The predicted octanol–water partition coefficient (Wildman–Crippen LogP) is 5.90. The van der Waals surface area contributed by atoms with E-state index in [0.29, 0.717) is 6.42 Å². The molecule has 0 atom stereocenters. The summed E-state index contributed by atoms with van der Waals surface area (Å²) >= 11 is 0. The van der Waals surface area contributed by atoms with E-state index in [9.17, 15) is 4.79 Å². The Kier molecular flexibility index (Phi) is 11.5. The van der Waals surface area contributed by atoms with Crippen molar-refractivity contribution in [1.29, 1.82) is 0 Å². The van der Waals surface area contributed by atoms with Gasteiger partial charge in [-0.25, -0.2) is 0 Å². The Morgan fingerprint density at radius 3 is 2.32 bits per heavy atom. The van der Waals surface area contributed by atoms with Gasteiger partial charge in [-0.15, -0.1) is 0 Å². The zero-order valence-corrected chi connectivity index (χ0v) is 16.2. The Morgan fingerprint density at radius 2 is 1.64 bits per heavy atom. The molecule has 1 rings (SSSR count). The van der Waals surface area contributed by atoms with E-state index in [2.05, 4.69) is 6.92 Å². The van der Waals surface area contributed by atoms with E-state index in [4.69, 9.17) is 9.47 Å². The molecule has 1 aromatic rings. The number of benzene rings is 1. The average molecular weight is 347 g/mol. The van der Waals surface area contributed by atoms with Crippen LogP contribution in [-0.4, -0.2) is 20.0 Å². The Hall–Kier alpha value is -1.77. The first-order valence-corrected chi connectivity index (χ1v) is 9.61. The molecular weight excluding hydrogens is 312 g/mol. The number of aryl methyl sites for hydroxylation is 1. The number of ether oxygens (including phenoxy) is 2. The van der Waals surface area contributed by atoms with Crippen LogP contribution in [0, 0.1) is 0 Å². The van der Waals surface area contributed by atoms with E-state index in [0.717, 1.165) is 30.8 Å². The van der Waals surface area contributed by atoms with Crippen LogP contribution in [0.15, 0.2) is 30.4 Å². The number of hydrogen-bond donors (Lipinski definition) is 0. The number of rotatable bonds is 14. The molecule has 0 aliphatic heterocycles. The van der Waals surface area contributed by atoms with Crippen molar-refractivity contribution in [3.63, 3.8) is 0 Å². The third-order valence-electron chi connectivity index (χ3n) is 4.38. The summed E-state index contributed by atoms with van der Waals surface area (Å²) in [6.07, 6.45) is 14.9. The zero-order chi connectivity index (χ0) is 18.3. The summed E-state index contributed by atoms with van der Waals surface area (Å²) in [5.41, 5.74) is 1.18. The van der Waals surface area contributed by atoms with Crippen LogP contribution in [0.2, 0.25) is 0 Å². The summed E-state index contributed by atoms with van der Waals surface area (Å²) in [6.45, 7) is 2.23. The van der Waals surface area contributed by atoms with Gasteiger partial charge in [0.2, 0.25) is 0 Å². The van der Waals surface area contributed by atoms with Gasteiger partial charge in [0.25, 0.3) is 0 Å². The minimum Gasteiger partial charge on any atom is -0.493 e.